The molecule has 1 N–H and O–H groups in total. The van der Waals surface area contributed by atoms with E-state index < -0.39 is 5.60 Å². The van der Waals surface area contributed by atoms with Gasteiger partial charge in [-0.1, -0.05) is 18.1 Å². The highest BCUT2D eigenvalue weighted by molar-refractivity contribution is 9.10. The quantitative estimate of drug-likeness (QED) is 0.897. The van der Waals surface area contributed by atoms with Crippen molar-refractivity contribution in [1.29, 1.82) is 0 Å². The Morgan fingerprint density at radius 1 is 1.64 bits per heavy atom. The van der Waals surface area contributed by atoms with Crippen LogP contribution in [0.2, 0.25) is 0 Å². The highest BCUT2D eigenvalue weighted by atomic mass is 79.9. The Kier molecular flexibility index (Phi) is 2.39. The maximum absolute atomic E-state index is 10.3. The normalized spacial score (nSPS) is 20.9. The van der Waals surface area contributed by atoms with Gasteiger partial charge in [-0.3, -0.25) is 0 Å². The van der Waals surface area contributed by atoms with Crippen molar-refractivity contribution in [1.82, 2.24) is 15.0 Å². The molecule has 0 saturated heterocycles. The molecule has 0 bridgehead atoms. The molecule has 1 aromatic heterocycles. The molecule has 1 aromatic rings. The molecule has 1 aliphatic carbocycles. The predicted octanol–water partition coefficient (Wildman–Crippen LogP) is 1.59. The summed E-state index contributed by atoms with van der Waals surface area (Å²) in [5.74, 6) is 0.673. The van der Waals surface area contributed by atoms with Crippen LogP contribution in [-0.2, 0) is 12.6 Å². The van der Waals surface area contributed by atoms with E-state index in [1.165, 1.54) is 12.8 Å². The van der Waals surface area contributed by atoms with Gasteiger partial charge in [-0.2, -0.15) is 0 Å². The van der Waals surface area contributed by atoms with Gasteiger partial charge in [-0.25, -0.2) is 4.68 Å². The Balaban J connectivity index is 2.26. The molecule has 0 amide bonds. The molecule has 1 saturated carbocycles. The first-order chi connectivity index (χ1) is 6.50. The summed E-state index contributed by atoms with van der Waals surface area (Å²) >= 11 is 3.31. The fourth-order valence-corrected chi connectivity index (χ4v) is 2.64. The van der Waals surface area contributed by atoms with Crippen LogP contribution in [0.5, 0.6) is 0 Å². The molecule has 0 aromatic carbocycles. The van der Waals surface area contributed by atoms with Crippen molar-refractivity contribution >= 4 is 15.9 Å². The minimum atomic E-state index is -0.821. The maximum Gasteiger partial charge on any atom is 0.154 e. The van der Waals surface area contributed by atoms with Gasteiger partial charge in [0, 0.05) is 7.05 Å². The summed E-state index contributed by atoms with van der Waals surface area (Å²) in [6.07, 6.45) is 3.27. The predicted molar refractivity (Wildman–Crippen MR) is 55.6 cm³/mol. The van der Waals surface area contributed by atoms with E-state index in [-0.39, 0.29) is 0 Å². The maximum atomic E-state index is 10.3. The summed E-state index contributed by atoms with van der Waals surface area (Å²) in [5, 5.41) is 18.1. The SMILES string of the molecule is Cn1nnc(Br)c1C(C)(O)CC1CC1. The molecule has 0 aliphatic heterocycles. The van der Waals surface area contributed by atoms with Crippen LogP contribution in [0.25, 0.3) is 0 Å². The molecular formula is C9H14BrN3O. The van der Waals surface area contributed by atoms with Gasteiger partial charge in [0.1, 0.15) is 11.3 Å². The Labute approximate surface area is 91.4 Å². The molecule has 4 nitrogen and oxygen atoms in total. The van der Waals surface area contributed by atoms with Gasteiger partial charge in [0.25, 0.3) is 0 Å². The zero-order valence-electron chi connectivity index (χ0n) is 8.37. The van der Waals surface area contributed by atoms with Crippen LogP contribution in [0.3, 0.4) is 0 Å². The van der Waals surface area contributed by atoms with Gasteiger partial charge >= 0.3 is 0 Å². The Bertz CT molecular complexity index is 324. The molecule has 1 atom stereocenters. The van der Waals surface area contributed by atoms with Crippen LogP contribution >= 0.6 is 15.9 Å². The Morgan fingerprint density at radius 2 is 2.29 bits per heavy atom. The van der Waals surface area contributed by atoms with E-state index in [2.05, 4.69) is 26.2 Å². The highest BCUT2D eigenvalue weighted by Crippen LogP contribution is 2.41. The first-order valence-corrected chi connectivity index (χ1v) is 5.58. The molecule has 0 spiro atoms. The summed E-state index contributed by atoms with van der Waals surface area (Å²) < 4.78 is 2.28. The molecule has 1 unspecified atom stereocenters. The number of nitrogens with zero attached hydrogens (tertiary/aromatic N) is 3. The summed E-state index contributed by atoms with van der Waals surface area (Å²) in [6.45, 7) is 1.83. The lowest BCUT2D eigenvalue weighted by atomic mass is 9.96. The van der Waals surface area contributed by atoms with E-state index in [1.54, 1.807) is 11.7 Å². The van der Waals surface area contributed by atoms with Crippen molar-refractivity contribution in [3.63, 3.8) is 0 Å². The van der Waals surface area contributed by atoms with Crippen molar-refractivity contribution in [2.45, 2.75) is 31.8 Å². The van der Waals surface area contributed by atoms with Gasteiger partial charge in [0.05, 0.1) is 0 Å². The number of aromatic nitrogens is 3. The van der Waals surface area contributed by atoms with Crippen LogP contribution in [0, 0.1) is 5.92 Å². The van der Waals surface area contributed by atoms with Gasteiger partial charge in [0.15, 0.2) is 4.60 Å². The number of hydrogen-bond acceptors (Lipinski definition) is 3. The summed E-state index contributed by atoms with van der Waals surface area (Å²) in [4.78, 5) is 0. The van der Waals surface area contributed by atoms with Crippen molar-refractivity contribution in [2.75, 3.05) is 0 Å². The number of rotatable bonds is 3. The minimum Gasteiger partial charge on any atom is -0.384 e. The number of aryl methyl sites for hydroxylation is 1. The average molecular weight is 260 g/mol. The lowest BCUT2D eigenvalue weighted by Crippen LogP contribution is -2.25. The zero-order valence-corrected chi connectivity index (χ0v) is 9.95. The molecule has 1 heterocycles. The fourth-order valence-electron chi connectivity index (χ4n) is 1.88. The molecule has 14 heavy (non-hydrogen) atoms. The second-order valence-electron chi connectivity index (χ2n) is 4.27. The second kappa shape index (κ2) is 3.31. The van der Waals surface area contributed by atoms with E-state index in [1.807, 2.05) is 6.92 Å². The molecule has 1 fully saturated rings. The molecule has 0 radical (unpaired) electrons. The van der Waals surface area contributed by atoms with Crippen LogP contribution in [0.1, 0.15) is 31.9 Å². The van der Waals surface area contributed by atoms with E-state index in [4.69, 9.17) is 0 Å². The smallest absolute Gasteiger partial charge is 0.154 e. The second-order valence-corrected chi connectivity index (χ2v) is 5.02. The third-order valence-electron chi connectivity index (χ3n) is 2.68. The number of halogens is 1. The van der Waals surface area contributed by atoms with Crippen molar-refractivity contribution in [3.05, 3.63) is 10.3 Å². The standard InChI is InChI=1S/C9H14BrN3O/c1-9(14,5-6-3-4-6)7-8(10)11-12-13(7)2/h6,14H,3-5H2,1-2H3. The molecule has 78 valence electrons. The molecule has 2 rings (SSSR count). The zero-order chi connectivity index (χ0) is 10.3. The Morgan fingerprint density at radius 3 is 2.71 bits per heavy atom. The van der Waals surface area contributed by atoms with E-state index in [0.717, 1.165) is 12.1 Å². The monoisotopic (exact) mass is 259 g/mol. The molecule has 5 heteroatoms. The summed E-state index contributed by atoms with van der Waals surface area (Å²) in [6, 6.07) is 0. The first-order valence-electron chi connectivity index (χ1n) is 4.79. The van der Waals surface area contributed by atoms with E-state index in [0.29, 0.717) is 10.5 Å². The van der Waals surface area contributed by atoms with Gasteiger partial charge in [0.2, 0.25) is 0 Å². The number of hydrogen-bond donors (Lipinski definition) is 1. The van der Waals surface area contributed by atoms with Gasteiger partial charge in [-0.15, -0.1) is 5.10 Å². The lowest BCUT2D eigenvalue weighted by molar-refractivity contribution is 0.0328. The van der Waals surface area contributed by atoms with E-state index >= 15 is 0 Å². The van der Waals surface area contributed by atoms with Crippen LogP contribution < -0.4 is 0 Å². The summed E-state index contributed by atoms with van der Waals surface area (Å²) in [7, 11) is 1.80. The first kappa shape index (κ1) is 10.1. The Hall–Kier alpha value is -0.420. The minimum absolute atomic E-state index is 0.644. The van der Waals surface area contributed by atoms with Crippen LogP contribution in [-0.4, -0.2) is 20.1 Å². The van der Waals surface area contributed by atoms with E-state index in [9.17, 15) is 5.11 Å². The average Bonchev–Trinajstić information content (AvgIpc) is 2.77. The topological polar surface area (TPSA) is 50.9 Å². The van der Waals surface area contributed by atoms with Crippen LogP contribution in [0.4, 0.5) is 0 Å². The van der Waals surface area contributed by atoms with Gasteiger partial charge in [-0.05, 0) is 35.2 Å². The third kappa shape index (κ3) is 1.83. The van der Waals surface area contributed by atoms with Crippen LogP contribution in [0.15, 0.2) is 4.60 Å². The largest absolute Gasteiger partial charge is 0.384 e. The van der Waals surface area contributed by atoms with Crippen molar-refractivity contribution in [3.8, 4) is 0 Å². The fraction of sp³-hybridized carbons (Fsp3) is 0.778. The molecular weight excluding hydrogens is 246 g/mol. The highest BCUT2D eigenvalue weighted by Gasteiger charge is 2.36. The van der Waals surface area contributed by atoms with Crippen molar-refractivity contribution < 1.29 is 5.11 Å². The lowest BCUT2D eigenvalue weighted by Gasteiger charge is -2.23. The summed E-state index contributed by atoms with van der Waals surface area (Å²) in [5.41, 5.74) is -0.0532. The number of aliphatic hydroxyl groups is 1. The third-order valence-corrected chi connectivity index (χ3v) is 3.21. The van der Waals surface area contributed by atoms with Gasteiger partial charge < -0.3 is 5.11 Å². The van der Waals surface area contributed by atoms with Crippen molar-refractivity contribution in [2.24, 2.45) is 13.0 Å². The molecule has 1 aliphatic rings.